The maximum Gasteiger partial charge on any atom is 0.326 e. The van der Waals surface area contributed by atoms with Gasteiger partial charge in [-0.05, 0) is 31.0 Å². The van der Waals surface area contributed by atoms with Crippen LogP contribution >= 0.6 is 11.6 Å². The highest BCUT2D eigenvalue weighted by atomic mass is 35.5. The molecule has 0 bridgehead atoms. The van der Waals surface area contributed by atoms with Gasteiger partial charge in [0.05, 0.1) is 5.41 Å². The number of benzene rings is 1. The maximum absolute atomic E-state index is 11.7. The topological polar surface area (TPSA) is 66.4 Å². The van der Waals surface area contributed by atoms with Crippen LogP contribution in [0, 0.1) is 0 Å². The van der Waals surface area contributed by atoms with E-state index in [0.29, 0.717) is 5.56 Å². The van der Waals surface area contributed by atoms with Crippen LogP contribution in [-0.4, -0.2) is 17.0 Å². The van der Waals surface area contributed by atoms with Crippen LogP contribution < -0.4 is 5.32 Å². The number of carboxylic acid groups (broad SMARTS) is 1. The molecule has 0 saturated carbocycles. The fourth-order valence-electron chi connectivity index (χ4n) is 1.89. The molecular weight excluding hydrogens is 242 g/mol. The molecule has 1 heterocycles. The standard InChI is InChI=1S/C12H12ClNO3/c1-12(2)7-5-6(9(13)10(15)16)3-4-8(7)14-11(12)17/h3-5,9H,1-2H3,(H,14,17)(H,15,16). The number of alkyl halides is 1. The average Bonchev–Trinajstić information content (AvgIpc) is 2.49. The van der Waals surface area contributed by atoms with Gasteiger partial charge < -0.3 is 10.4 Å². The number of rotatable bonds is 2. The first-order valence-corrected chi connectivity index (χ1v) is 5.60. The van der Waals surface area contributed by atoms with Gasteiger partial charge in [0, 0.05) is 5.69 Å². The van der Waals surface area contributed by atoms with Gasteiger partial charge in [-0.1, -0.05) is 12.1 Å². The molecule has 1 aliphatic heterocycles. The molecule has 5 heteroatoms. The third-order valence-corrected chi connectivity index (χ3v) is 3.48. The van der Waals surface area contributed by atoms with Crippen molar-refractivity contribution in [1.29, 1.82) is 0 Å². The van der Waals surface area contributed by atoms with Gasteiger partial charge >= 0.3 is 5.97 Å². The van der Waals surface area contributed by atoms with Crippen LogP contribution in [0.4, 0.5) is 5.69 Å². The smallest absolute Gasteiger partial charge is 0.326 e. The monoisotopic (exact) mass is 253 g/mol. The van der Waals surface area contributed by atoms with Crippen molar-refractivity contribution in [2.75, 3.05) is 5.32 Å². The minimum absolute atomic E-state index is 0.0916. The number of amides is 1. The maximum atomic E-state index is 11.7. The summed E-state index contributed by atoms with van der Waals surface area (Å²) in [6, 6.07) is 4.99. The molecule has 1 amide bonds. The summed E-state index contributed by atoms with van der Waals surface area (Å²) in [7, 11) is 0. The normalized spacial score (nSPS) is 18.4. The molecule has 0 saturated heterocycles. The molecule has 90 valence electrons. The number of aliphatic carboxylic acids is 1. The predicted octanol–water partition coefficient (Wildman–Crippen LogP) is 2.28. The molecule has 1 aliphatic rings. The van der Waals surface area contributed by atoms with E-state index < -0.39 is 16.8 Å². The first-order chi connectivity index (χ1) is 7.84. The minimum atomic E-state index is -1.10. The molecule has 0 aliphatic carbocycles. The molecule has 0 spiro atoms. The van der Waals surface area contributed by atoms with Crippen LogP contribution in [0.1, 0.15) is 30.4 Å². The van der Waals surface area contributed by atoms with Crippen LogP contribution in [0.3, 0.4) is 0 Å². The number of halogens is 1. The molecule has 1 aromatic rings. The SMILES string of the molecule is CC1(C)C(=O)Nc2ccc(C(Cl)C(=O)O)cc21. The number of fused-ring (bicyclic) bond motifs is 1. The Balaban J connectivity index is 2.49. The van der Waals surface area contributed by atoms with Crippen LogP contribution in [0.15, 0.2) is 18.2 Å². The number of carbonyl (C=O) groups excluding carboxylic acids is 1. The van der Waals surface area contributed by atoms with Crippen molar-refractivity contribution in [2.24, 2.45) is 0 Å². The van der Waals surface area contributed by atoms with E-state index in [1.807, 2.05) is 0 Å². The van der Waals surface area contributed by atoms with Gasteiger partial charge in [0.1, 0.15) is 0 Å². The minimum Gasteiger partial charge on any atom is -0.480 e. The molecule has 1 aromatic carbocycles. The van der Waals surface area contributed by atoms with E-state index in [1.165, 1.54) is 0 Å². The lowest BCUT2D eigenvalue weighted by Crippen LogP contribution is -2.27. The van der Waals surface area contributed by atoms with Crippen molar-refractivity contribution in [3.05, 3.63) is 29.3 Å². The number of hydrogen-bond donors (Lipinski definition) is 2. The fraction of sp³-hybridized carbons (Fsp3) is 0.333. The quantitative estimate of drug-likeness (QED) is 0.795. The van der Waals surface area contributed by atoms with Gasteiger partial charge in [0.25, 0.3) is 0 Å². The summed E-state index contributed by atoms with van der Waals surface area (Å²) < 4.78 is 0. The van der Waals surface area contributed by atoms with E-state index in [4.69, 9.17) is 16.7 Å². The fourth-order valence-corrected chi connectivity index (χ4v) is 2.02. The first-order valence-electron chi connectivity index (χ1n) is 5.17. The summed E-state index contributed by atoms with van der Waals surface area (Å²) in [6.07, 6.45) is 0. The molecule has 1 atom stereocenters. The zero-order valence-corrected chi connectivity index (χ0v) is 10.2. The molecular formula is C12H12ClNO3. The summed E-state index contributed by atoms with van der Waals surface area (Å²) in [5.41, 5.74) is 1.34. The predicted molar refractivity (Wildman–Crippen MR) is 64.3 cm³/mol. The Labute approximate surface area is 104 Å². The second-order valence-electron chi connectivity index (χ2n) is 4.58. The second-order valence-corrected chi connectivity index (χ2v) is 5.02. The highest BCUT2D eigenvalue weighted by Crippen LogP contribution is 2.39. The van der Waals surface area contributed by atoms with Crippen LogP contribution in [-0.2, 0) is 15.0 Å². The number of carbonyl (C=O) groups is 2. The molecule has 17 heavy (non-hydrogen) atoms. The Bertz CT molecular complexity index is 510. The molecule has 2 N–H and O–H groups in total. The van der Waals surface area contributed by atoms with Crippen molar-refractivity contribution in [2.45, 2.75) is 24.6 Å². The lowest BCUT2D eigenvalue weighted by atomic mass is 9.85. The Kier molecular flexibility index (Phi) is 2.62. The molecule has 2 rings (SSSR count). The van der Waals surface area contributed by atoms with E-state index in [9.17, 15) is 9.59 Å². The molecule has 0 aromatic heterocycles. The van der Waals surface area contributed by atoms with Crippen molar-refractivity contribution in [3.8, 4) is 0 Å². The van der Waals surface area contributed by atoms with Gasteiger partial charge in [-0.2, -0.15) is 0 Å². The highest BCUT2D eigenvalue weighted by Gasteiger charge is 2.38. The number of hydrogen-bond acceptors (Lipinski definition) is 2. The van der Waals surface area contributed by atoms with Crippen molar-refractivity contribution >= 4 is 29.2 Å². The Morgan fingerprint density at radius 2 is 2.12 bits per heavy atom. The van der Waals surface area contributed by atoms with E-state index in [0.717, 1.165) is 11.3 Å². The van der Waals surface area contributed by atoms with Gasteiger partial charge in [-0.15, -0.1) is 11.6 Å². The van der Waals surface area contributed by atoms with Gasteiger partial charge in [0.2, 0.25) is 5.91 Å². The lowest BCUT2D eigenvalue weighted by Gasteiger charge is -2.16. The van der Waals surface area contributed by atoms with Crippen molar-refractivity contribution in [1.82, 2.24) is 0 Å². The number of carboxylic acids is 1. The second kappa shape index (κ2) is 3.74. The Hall–Kier alpha value is -1.55. The molecule has 0 fully saturated rings. The zero-order valence-electron chi connectivity index (χ0n) is 9.45. The highest BCUT2D eigenvalue weighted by molar-refractivity contribution is 6.29. The number of nitrogens with one attached hydrogen (secondary N) is 1. The van der Waals surface area contributed by atoms with Gasteiger partial charge in [-0.25, -0.2) is 0 Å². The van der Waals surface area contributed by atoms with Crippen molar-refractivity contribution in [3.63, 3.8) is 0 Å². The average molecular weight is 254 g/mol. The third kappa shape index (κ3) is 1.78. The third-order valence-electron chi connectivity index (χ3n) is 3.04. The lowest BCUT2D eigenvalue weighted by molar-refractivity contribution is -0.136. The summed E-state index contributed by atoms with van der Waals surface area (Å²) in [5.74, 6) is -1.19. The summed E-state index contributed by atoms with van der Waals surface area (Å²) in [4.78, 5) is 22.5. The first kappa shape index (κ1) is 11.9. The van der Waals surface area contributed by atoms with Gasteiger partial charge in [-0.3, -0.25) is 9.59 Å². The summed E-state index contributed by atoms with van der Waals surface area (Å²) >= 11 is 5.77. The van der Waals surface area contributed by atoms with Crippen LogP contribution in [0.2, 0.25) is 0 Å². The Morgan fingerprint density at radius 3 is 2.71 bits per heavy atom. The zero-order chi connectivity index (χ0) is 12.8. The van der Waals surface area contributed by atoms with Gasteiger partial charge in [0.15, 0.2) is 5.38 Å². The van der Waals surface area contributed by atoms with E-state index >= 15 is 0 Å². The van der Waals surface area contributed by atoms with Crippen molar-refractivity contribution < 1.29 is 14.7 Å². The van der Waals surface area contributed by atoms with E-state index in [1.54, 1.807) is 32.0 Å². The summed E-state index contributed by atoms with van der Waals surface area (Å²) in [6.45, 7) is 3.59. The van der Waals surface area contributed by atoms with E-state index in [-0.39, 0.29) is 5.91 Å². The molecule has 0 radical (unpaired) electrons. The molecule has 4 nitrogen and oxygen atoms in total. The summed E-state index contributed by atoms with van der Waals surface area (Å²) in [5, 5.41) is 10.5. The van der Waals surface area contributed by atoms with Crippen LogP contribution in [0.5, 0.6) is 0 Å². The van der Waals surface area contributed by atoms with E-state index in [2.05, 4.69) is 5.32 Å². The number of anilines is 1. The Morgan fingerprint density at radius 1 is 1.47 bits per heavy atom. The largest absolute Gasteiger partial charge is 0.480 e. The molecule has 1 unspecified atom stereocenters. The van der Waals surface area contributed by atoms with Crippen LogP contribution in [0.25, 0.3) is 0 Å².